The summed E-state index contributed by atoms with van der Waals surface area (Å²) in [6.45, 7) is 4.69. The molecule has 3 aromatic carbocycles. The smallest absolute Gasteiger partial charge is 0.150 e. The molecule has 0 amide bonds. The van der Waals surface area contributed by atoms with Crippen LogP contribution in [0.2, 0.25) is 0 Å². The first kappa shape index (κ1) is 17.6. The van der Waals surface area contributed by atoms with Crippen LogP contribution in [0.1, 0.15) is 28.6 Å². The van der Waals surface area contributed by atoms with E-state index in [1.54, 1.807) is 0 Å². The number of benzene rings is 3. The van der Waals surface area contributed by atoms with Gasteiger partial charge in [0.05, 0.1) is 11.4 Å². The predicted octanol–water partition coefficient (Wildman–Crippen LogP) is 5.72. The lowest BCUT2D eigenvalue weighted by Gasteiger charge is -2.30. The molecule has 0 spiro atoms. The van der Waals surface area contributed by atoms with Crippen LogP contribution in [-0.4, -0.2) is 9.78 Å². The van der Waals surface area contributed by atoms with Gasteiger partial charge in [0.1, 0.15) is 12.4 Å². The minimum atomic E-state index is -0.124. The van der Waals surface area contributed by atoms with Gasteiger partial charge in [-0.05, 0) is 43.7 Å². The van der Waals surface area contributed by atoms with Crippen molar-refractivity contribution in [2.75, 3.05) is 5.32 Å². The molecule has 4 aromatic rings. The first-order valence-corrected chi connectivity index (χ1v) is 9.88. The summed E-state index contributed by atoms with van der Waals surface area (Å²) in [4.78, 5) is 0. The fourth-order valence-electron chi connectivity index (χ4n) is 3.90. The van der Waals surface area contributed by atoms with Gasteiger partial charge in [0.2, 0.25) is 0 Å². The molecule has 144 valence electrons. The average Bonchev–Trinajstić information content (AvgIpc) is 3.15. The zero-order valence-corrected chi connectivity index (χ0v) is 16.6. The molecule has 29 heavy (non-hydrogen) atoms. The highest BCUT2D eigenvalue weighted by atomic mass is 16.5. The molecule has 4 heteroatoms. The molecule has 0 radical (unpaired) electrons. The van der Waals surface area contributed by atoms with Crippen LogP contribution in [0.4, 0.5) is 5.69 Å². The van der Waals surface area contributed by atoms with Crippen LogP contribution in [0.3, 0.4) is 0 Å². The Morgan fingerprint density at radius 1 is 0.931 bits per heavy atom. The first-order valence-electron chi connectivity index (χ1n) is 9.88. The lowest BCUT2D eigenvalue weighted by atomic mass is 10.0. The molecule has 1 unspecified atom stereocenters. The Balaban J connectivity index is 1.54. The van der Waals surface area contributed by atoms with Crippen molar-refractivity contribution in [3.63, 3.8) is 0 Å². The van der Waals surface area contributed by atoms with Crippen molar-refractivity contribution < 1.29 is 4.74 Å². The summed E-state index contributed by atoms with van der Waals surface area (Å²) < 4.78 is 8.30. The van der Waals surface area contributed by atoms with E-state index in [4.69, 9.17) is 9.84 Å². The second-order valence-electron chi connectivity index (χ2n) is 7.52. The summed E-state index contributed by atoms with van der Waals surface area (Å²) in [5.74, 6) is 0.864. The number of fused-ring (bicyclic) bond motifs is 3. The topological polar surface area (TPSA) is 39.1 Å². The lowest BCUT2D eigenvalue weighted by Crippen LogP contribution is -2.26. The van der Waals surface area contributed by atoms with Crippen molar-refractivity contribution in [3.05, 3.63) is 101 Å². The molecule has 0 fully saturated rings. The molecule has 2 heterocycles. The van der Waals surface area contributed by atoms with E-state index in [0.717, 1.165) is 34.0 Å². The predicted molar refractivity (Wildman–Crippen MR) is 116 cm³/mol. The molecular formula is C25H23N3O. The van der Waals surface area contributed by atoms with Crippen molar-refractivity contribution in [2.45, 2.75) is 26.6 Å². The molecule has 0 aliphatic carbocycles. The number of nitrogens with zero attached hydrogens (tertiary/aromatic N) is 2. The lowest BCUT2D eigenvalue weighted by molar-refractivity contribution is 0.299. The summed E-state index contributed by atoms with van der Waals surface area (Å²) in [7, 11) is 0. The minimum absolute atomic E-state index is 0.124. The van der Waals surface area contributed by atoms with E-state index in [1.807, 2.05) is 43.3 Å². The SMILES string of the molecule is Cc1ccc2c(c1)-c1cc(C)nn1C(c1ccccc1OCc1ccccc1)N2. The summed E-state index contributed by atoms with van der Waals surface area (Å²) >= 11 is 0. The van der Waals surface area contributed by atoms with Crippen LogP contribution in [0, 0.1) is 13.8 Å². The Kier molecular flexibility index (Phi) is 4.32. The quantitative estimate of drug-likeness (QED) is 0.491. The van der Waals surface area contributed by atoms with Gasteiger partial charge < -0.3 is 10.1 Å². The monoisotopic (exact) mass is 381 g/mol. The second kappa shape index (κ2) is 7.13. The number of anilines is 1. The van der Waals surface area contributed by atoms with E-state index < -0.39 is 0 Å². The van der Waals surface area contributed by atoms with Crippen LogP contribution < -0.4 is 10.1 Å². The van der Waals surface area contributed by atoms with Gasteiger partial charge in [-0.3, -0.25) is 0 Å². The summed E-state index contributed by atoms with van der Waals surface area (Å²) in [6.07, 6.45) is -0.124. The Bertz CT molecular complexity index is 1160. The number of aromatic nitrogens is 2. The van der Waals surface area contributed by atoms with Crippen LogP contribution >= 0.6 is 0 Å². The average molecular weight is 381 g/mol. The van der Waals surface area contributed by atoms with E-state index in [9.17, 15) is 0 Å². The maximum Gasteiger partial charge on any atom is 0.150 e. The van der Waals surface area contributed by atoms with Crippen molar-refractivity contribution in [1.82, 2.24) is 9.78 Å². The van der Waals surface area contributed by atoms with E-state index in [2.05, 4.69) is 59.4 Å². The van der Waals surface area contributed by atoms with Crippen LogP contribution in [-0.2, 0) is 6.61 Å². The number of aryl methyl sites for hydroxylation is 2. The molecule has 5 rings (SSSR count). The number of ether oxygens (including phenoxy) is 1. The van der Waals surface area contributed by atoms with Gasteiger partial charge in [0.25, 0.3) is 0 Å². The molecule has 0 saturated heterocycles. The largest absolute Gasteiger partial charge is 0.488 e. The maximum absolute atomic E-state index is 6.22. The molecule has 1 aliphatic rings. The molecule has 1 N–H and O–H groups in total. The molecule has 1 aromatic heterocycles. The summed E-state index contributed by atoms with van der Waals surface area (Å²) in [5.41, 5.74) is 7.89. The molecular weight excluding hydrogens is 358 g/mol. The van der Waals surface area contributed by atoms with Gasteiger partial charge >= 0.3 is 0 Å². The summed E-state index contributed by atoms with van der Waals surface area (Å²) in [6, 6.07) is 27.1. The second-order valence-corrected chi connectivity index (χ2v) is 7.52. The van der Waals surface area contributed by atoms with Gasteiger partial charge in [-0.25, -0.2) is 4.68 Å². The third-order valence-corrected chi connectivity index (χ3v) is 5.30. The first-order chi connectivity index (χ1) is 14.2. The number of nitrogens with one attached hydrogen (secondary N) is 1. The van der Waals surface area contributed by atoms with Gasteiger partial charge in [0.15, 0.2) is 6.17 Å². The van der Waals surface area contributed by atoms with Gasteiger partial charge in [0, 0.05) is 16.8 Å². The number of hydrogen-bond donors (Lipinski definition) is 1. The fourth-order valence-corrected chi connectivity index (χ4v) is 3.90. The van der Waals surface area contributed by atoms with Crippen molar-refractivity contribution in [3.8, 4) is 17.0 Å². The van der Waals surface area contributed by atoms with Gasteiger partial charge in [-0.15, -0.1) is 0 Å². The highest BCUT2D eigenvalue weighted by Gasteiger charge is 2.28. The van der Waals surface area contributed by atoms with Crippen molar-refractivity contribution in [1.29, 1.82) is 0 Å². The van der Waals surface area contributed by atoms with Crippen LogP contribution in [0.5, 0.6) is 5.75 Å². The van der Waals surface area contributed by atoms with Crippen LogP contribution in [0.25, 0.3) is 11.3 Å². The third-order valence-electron chi connectivity index (χ3n) is 5.30. The zero-order valence-electron chi connectivity index (χ0n) is 16.6. The van der Waals surface area contributed by atoms with E-state index in [0.29, 0.717) is 6.61 Å². The highest BCUT2D eigenvalue weighted by molar-refractivity contribution is 5.79. The van der Waals surface area contributed by atoms with Crippen LogP contribution in [0.15, 0.2) is 78.9 Å². The Morgan fingerprint density at radius 3 is 2.59 bits per heavy atom. The number of hydrogen-bond acceptors (Lipinski definition) is 3. The number of para-hydroxylation sites is 1. The maximum atomic E-state index is 6.22. The highest BCUT2D eigenvalue weighted by Crippen LogP contribution is 2.41. The molecule has 1 aliphatic heterocycles. The van der Waals surface area contributed by atoms with Crippen molar-refractivity contribution >= 4 is 5.69 Å². The Morgan fingerprint density at radius 2 is 1.72 bits per heavy atom. The molecule has 4 nitrogen and oxygen atoms in total. The number of rotatable bonds is 4. The molecule has 1 atom stereocenters. The Hall–Kier alpha value is -3.53. The van der Waals surface area contributed by atoms with E-state index >= 15 is 0 Å². The standard InChI is InChI=1S/C25H23N3O/c1-17-12-13-22-21(14-17)23-15-18(2)27-28(23)25(26-22)20-10-6-7-11-24(20)29-16-19-8-4-3-5-9-19/h3-15,25-26H,16H2,1-2H3. The summed E-state index contributed by atoms with van der Waals surface area (Å²) in [5, 5.41) is 8.46. The van der Waals surface area contributed by atoms with E-state index in [1.165, 1.54) is 11.1 Å². The normalized spacial score (nSPS) is 14.6. The molecule has 0 bridgehead atoms. The fraction of sp³-hybridized carbons (Fsp3) is 0.160. The Labute approximate surface area is 170 Å². The van der Waals surface area contributed by atoms with Crippen molar-refractivity contribution in [2.24, 2.45) is 0 Å². The molecule has 0 saturated carbocycles. The van der Waals surface area contributed by atoms with Gasteiger partial charge in [-0.2, -0.15) is 5.10 Å². The van der Waals surface area contributed by atoms with Gasteiger partial charge in [-0.1, -0.05) is 60.2 Å². The zero-order chi connectivity index (χ0) is 19.8. The van der Waals surface area contributed by atoms with E-state index in [-0.39, 0.29) is 6.17 Å². The third kappa shape index (κ3) is 3.27. The minimum Gasteiger partial charge on any atom is -0.488 e.